The molecule has 3 aliphatic heterocycles. The van der Waals surface area contributed by atoms with Crippen LogP contribution in [0.3, 0.4) is 0 Å². The number of hydrogen-bond acceptors (Lipinski definition) is 6. The van der Waals surface area contributed by atoms with Gasteiger partial charge in [0.1, 0.15) is 5.75 Å². The van der Waals surface area contributed by atoms with Gasteiger partial charge in [0.05, 0.1) is 24.5 Å². The number of fused-ring (bicyclic) bond motifs is 3. The summed E-state index contributed by atoms with van der Waals surface area (Å²) < 4.78 is 5.45. The summed E-state index contributed by atoms with van der Waals surface area (Å²) in [5.74, 6) is 0.870. The van der Waals surface area contributed by atoms with E-state index in [1.807, 2.05) is 12.1 Å². The van der Waals surface area contributed by atoms with Crippen molar-refractivity contribution >= 4 is 17.0 Å². The second-order valence-corrected chi connectivity index (χ2v) is 9.45. The Balaban J connectivity index is 1.52. The first-order chi connectivity index (χ1) is 16.0. The second-order valence-electron chi connectivity index (χ2n) is 9.45. The van der Waals surface area contributed by atoms with E-state index < -0.39 is 0 Å². The summed E-state index contributed by atoms with van der Waals surface area (Å²) in [7, 11) is 1.72. The van der Waals surface area contributed by atoms with Gasteiger partial charge in [0.25, 0.3) is 0 Å². The highest BCUT2D eigenvalue weighted by atomic mass is 16.5. The van der Waals surface area contributed by atoms with Crippen molar-refractivity contribution in [1.82, 2.24) is 20.9 Å². The number of anilines is 1. The third-order valence-electron chi connectivity index (χ3n) is 7.08. The standard InChI is InChI=1S/C27H35N5O/c1-18(2)31-13-10-20(11-14-31)21-8-9-24-25(16-21)26(12-15-32-27(24)19(3)29-30-32)28-22-6-5-7-23(17-22)33-4/h5-10,16-18,26,28-30H,11-15H2,1-4H3. The molecule has 0 aromatic heterocycles. The number of nitrogens with zero attached hydrogens (tertiary/aromatic N) is 2. The number of allylic oxidation sites excluding steroid dienone is 1. The van der Waals surface area contributed by atoms with Crippen molar-refractivity contribution in [3.63, 3.8) is 0 Å². The molecule has 6 heteroatoms. The van der Waals surface area contributed by atoms with Crippen LogP contribution in [0.4, 0.5) is 5.69 Å². The van der Waals surface area contributed by atoms with E-state index in [9.17, 15) is 0 Å². The van der Waals surface area contributed by atoms with Crippen molar-refractivity contribution in [2.45, 2.75) is 45.7 Å². The van der Waals surface area contributed by atoms with E-state index in [1.165, 1.54) is 28.0 Å². The molecule has 5 rings (SSSR count). The molecule has 1 unspecified atom stereocenters. The van der Waals surface area contributed by atoms with Crippen LogP contribution in [0, 0.1) is 0 Å². The molecule has 3 N–H and O–H groups in total. The van der Waals surface area contributed by atoms with Crippen LogP contribution in [0.25, 0.3) is 11.3 Å². The Morgan fingerprint density at radius 2 is 2.00 bits per heavy atom. The van der Waals surface area contributed by atoms with Gasteiger partial charge in [-0.15, -0.1) is 5.53 Å². The minimum absolute atomic E-state index is 0.205. The molecule has 0 bridgehead atoms. The van der Waals surface area contributed by atoms with Crippen LogP contribution >= 0.6 is 0 Å². The fourth-order valence-electron chi connectivity index (χ4n) is 5.14. The molecule has 174 valence electrons. The van der Waals surface area contributed by atoms with Gasteiger partial charge in [-0.25, -0.2) is 0 Å². The SMILES string of the molecule is COc1cccc(NC2CCN3NNC(C)=C3c3ccc(C4=CCN(C(C)C)CC4)cc32)c1. The molecule has 0 spiro atoms. The minimum atomic E-state index is 0.205. The first kappa shape index (κ1) is 21.9. The number of methoxy groups -OCH3 is 1. The van der Waals surface area contributed by atoms with E-state index in [-0.39, 0.29) is 6.04 Å². The van der Waals surface area contributed by atoms with Gasteiger partial charge >= 0.3 is 0 Å². The van der Waals surface area contributed by atoms with Crippen LogP contribution < -0.4 is 21.0 Å². The third-order valence-corrected chi connectivity index (χ3v) is 7.08. The smallest absolute Gasteiger partial charge is 0.120 e. The first-order valence-electron chi connectivity index (χ1n) is 12.0. The van der Waals surface area contributed by atoms with Crippen molar-refractivity contribution in [2.75, 3.05) is 32.1 Å². The Labute approximate surface area is 197 Å². The number of benzene rings is 2. The number of hydrazine groups is 2. The van der Waals surface area contributed by atoms with Crippen molar-refractivity contribution in [3.8, 4) is 5.75 Å². The Morgan fingerprint density at radius 1 is 1.12 bits per heavy atom. The average molecular weight is 446 g/mol. The van der Waals surface area contributed by atoms with E-state index in [4.69, 9.17) is 4.74 Å². The highest BCUT2D eigenvalue weighted by molar-refractivity contribution is 5.76. The molecule has 0 radical (unpaired) electrons. The van der Waals surface area contributed by atoms with E-state index in [0.29, 0.717) is 6.04 Å². The summed E-state index contributed by atoms with van der Waals surface area (Å²) in [6, 6.07) is 16.1. The highest BCUT2D eigenvalue weighted by Gasteiger charge is 2.30. The molecule has 2 aromatic carbocycles. The fourth-order valence-corrected chi connectivity index (χ4v) is 5.14. The van der Waals surface area contributed by atoms with Crippen molar-refractivity contribution < 1.29 is 4.74 Å². The molecule has 3 heterocycles. The highest BCUT2D eigenvalue weighted by Crippen LogP contribution is 2.39. The van der Waals surface area contributed by atoms with Crippen molar-refractivity contribution in [3.05, 3.63) is 70.9 Å². The number of hydrogen-bond donors (Lipinski definition) is 3. The topological polar surface area (TPSA) is 51.8 Å². The van der Waals surface area contributed by atoms with Crippen LogP contribution in [0.15, 0.2) is 54.2 Å². The monoisotopic (exact) mass is 445 g/mol. The molecule has 33 heavy (non-hydrogen) atoms. The Kier molecular flexibility index (Phi) is 6.04. The van der Waals surface area contributed by atoms with Gasteiger partial charge in [0.15, 0.2) is 0 Å². The van der Waals surface area contributed by atoms with E-state index in [2.05, 4.69) is 83.4 Å². The third kappa shape index (κ3) is 4.33. The summed E-state index contributed by atoms with van der Waals surface area (Å²) in [6.07, 6.45) is 4.50. The summed E-state index contributed by atoms with van der Waals surface area (Å²) in [6.45, 7) is 9.76. The maximum absolute atomic E-state index is 5.45. The summed E-state index contributed by atoms with van der Waals surface area (Å²) in [5.41, 5.74) is 15.6. The predicted octanol–water partition coefficient (Wildman–Crippen LogP) is 4.76. The summed E-state index contributed by atoms with van der Waals surface area (Å²) in [4.78, 5) is 2.53. The molecule has 1 atom stereocenters. The van der Waals surface area contributed by atoms with Crippen molar-refractivity contribution in [2.24, 2.45) is 0 Å². The average Bonchev–Trinajstić information content (AvgIpc) is 3.13. The lowest BCUT2D eigenvalue weighted by atomic mass is 9.90. The zero-order valence-corrected chi connectivity index (χ0v) is 20.1. The van der Waals surface area contributed by atoms with Crippen LogP contribution in [-0.2, 0) is 0 Å². The Morgan fingerprint density at radius 3 is 2.76 bits per heavy atom. The molecule has 3 aliphatic rings. The lowest BCUT2D eigenvalue weighted by Crippen LogP contribution is -2.37. The number of rotatable bonds is 5. The molecular weight excluding hydrogens is 410 g/mol. The Bertz CT molecular complexity index is 1090. The molecule has 0 saturated carbocycles. The van der Waals surface area contributed by atoms with Gasteiger partial charge in [-0.1, -0.05) is 24.3 Å². The van der Waals surface area contributed by atoms with Crippen LogP contribution in [-0.4, -0.2) is 42.7 Å². The first-order valence-corrected chi connectivity index (χ1v) is 12.0. The minimum Gasteiger partial charge on any atom is -0.497 e. The fraction of sp³-hybridized carbons (Fsp3) is 0.407. The molecule has 0 saturated heterocycles. The summed E-state index contributed by atoms with van der Waals surface area (Å²) >= 11 is 0. The molecule has 0 aliphatic carbocycles. The van der Waals surface area contributed by atoms with Gasteiger partial charge < -0.3 is 15.5 Å². The van der Waals surface area contributed by atoms with E-state index >= 15 is 0 Å². The molecule has 2 aromatic rings. The largest absolute Gasteiger partial charge is 0.497 e. The quantitative estimate of drug-likeness (QED) is 0.617. The van der Waals surface area contributed by atoms with E-state index in [1.54, 1.807) is 7.11 Å². The van der Waals surface area contributed by atoms with Gasteiger partial charge in [-0.2, -0.15) is 0 Å². The van der Waals surface area contributed by atoms with Gasteiger partial charge in [0, 0.05) is 43.0 Å². The predicted molar refractivity (Wildman–Crippen MR) is 135 cm³/mol. The maximum atomic E-state index is 5.45. The summed E-state index contributed by atoms with van der Waals surface area (Å²) in [5, 5.41) is 6.04. The Hall–Kier alpha value is -2.96. The second kappa shape index (κ2) is 9.12. The van der Waals surface area contributed by atoms with Crippen LogP contribution in [0.1, 0.15) is 56.3 Å². The zero-order chi connectivity index (χ0) is 22.9. The maximum Gasteiger partial charge on any atom is 0.120 e. The lowest BCUT2D eigenvalue weighted by Gasteiger charge is -2.30. The molecule has 0 fully saturated rings. The van der Waals surface area contributed by atoms with Crippen LogP contribution in [0.2, 0.25) is 0 Å². The number of nitrogens with one attached hydrogen (secondary N) is 3. The van der Waals surface area contributed by atoms with Gasteiger partial charge in [-0.05, 0) is 68.5 Å². The van der Waals surface area contributed by atoms with Gasteiger partial charge in [0.2, 0.25) is 0 Å². The van der Waals surface area contributed by atoms with Gasteiger partial charge in [-0.3, -0.25) is 9.91 Å². The van der Waals surface area contributed by atoms with E-state index in [0.717, 1.165) is 49.6 Å². The number of ether oxygens (including phenoxy) is 1. The normalized spacial score (nSPS) is 20.7. The van der Waals surface area contributed by atoms with Crippen molar-refractivity contribution in [1.29, 1.82) is 0 Å². The molecule has 0 amide bonds. The molecular formula is C27H35N5O. The molecule has 6 nitrogen and oxygen atoms in total. The van der Waals surface area contributed by atoms with Crippen LogP contribution in [0.5, 0.6) is 5.75 Å². The zero-order valence-electron chi connectivity index (χ0n) is 20.1. The lowest BCUT2D eigenvalue weighted by molar-refractivity contribution is 0.245.